The van der Waals surface area contributed by atoms with E-state index in [4.69, 9.17) is 0 Å². The van der Waals surface area contributed by atoms with E-state index in [1.807, 2.05) is 35.9 Å². The highest BCUT2D eigenvalue weighted by atomic mass is 32.2. The van der Waals surface area contributed by atoms with Gasteiger partial charge in [0, 0.05) is 20.7 Å². The van der Waals surface area contributed by atoms with E-state index in [9.17, 15) is 4.79 Å². The van der Waals surface area contributed by atoms with Crippen molar-refractivity contribution in [1.82, 2.24) is 4.98 Å². The van der Waals surface area contributed by atoms with Gasteiger partial charge in [0.15, 0.2) is 5.13 Å². The monoisotopic (exact) mass is 372 g/mol. The van der Waals surface area contributed by atoms with Crippen LogP contribution in [0.4, 0.5) is 5.13 Å². The van der Waals surface area contributed by atoms with Crippen molar-refractivity contribution in [3.63, 3.8) is 0 Å². The van der Waals surface area contributed by atoms with Crippen LogP contribution in [-0.4, -0.2) is 23.4 Å². The van der Waals surface area contributed by atoms with Gasteiger partial charge >= 0.3 is 0 Å². The highest BCUT2D eigenvalue weighted by molar-refractivity contribution is 7.98. The summed E-state index contributed by atoms with van der Waals surface area (Å²) in [7, 11) is 0. The van der Waals surface area contributed by atoms with Crippen LogP contribution in [0.15, 0.2) is 63.7 Å². The Kier molecular flexibility index (Phi) is 5.60. The molecule has 1 N–H and O–H groups in total. The van der Waals surface area contributed by atoms with Gasteiger partial charge in [-0.1, -0.05) is 24.3 Å². The van der Waals surface area contributed by atoms with Gasteiger partial charge in [-0.2, -0.15) is 0 Å². The first-order chi connectivity index (χ1) is 11.7. The minimum Gasteiger partial charge on any atom is -0.298 e. The van der Waals surface area contributed by atoms with Gasteiger partial charge in [-0.15, -0.1) is 34.9 Å². The van der Waals surface area contributed by atoms with Crippen molar-refractivity contribution in [3.05, 3.63) is 59.5 Å². The lowest BCUT2D eigenvalue weighted by molar-refractivity contribution is 0.102. The van der Waals surface area contributed by atoms with Crippen LogP contribution in [0.3, 0.4) is 0 Å². The Bertz CT molecular complexity index is 843. The summed E-state index contributed by atoms with van der Waals surface area (Å²) in [6.07, 6.45) is 4.02. The van der Waals surface area contributed by atoms with Gasteiger partial charge in [0.1, 0.15) is 0 Å². The largest absolute Gasteiger partial charge is 0.298 e. The highest BCUT2D eigenvalue weighted by Gasteiger charge is 2.13. The minimum atomic E-state index is -0.126. The molecule has 0 spiro atoms. The molecular formula is C18H16N2OS3. The Hall–Kier alpha value is -1.76. The van der Waals surface area contributed by atoms with E-state index in [0.29, 0.717) is 10.7 Å². The number of carbonyl (C=O) groups excluding carboxylic acids is 1. The molecule has 0 aliphatic rings. The van der Waals surface area contributed by atoms with Gasteiger partial charge in [0.05, 0.1) is 11.3 Å². The standard InChI is InChI=1S/C18H16N2OS3/c1-22-13-9-7-12(8-10-13)15-11-24-18(19-15)20-17(21)14-5-3-4-6-16(14)23-2/h3-11H,1-2H3,(H,19,20,21). The van der Waals surface area contributed by atoms with Crippen molar-refractivity contribution in [2.75, 3.05) is 17.8 Å². The maximum absolute atomic E-state index is 12.5. The minimum absolute atomic E-state index is 0.126. The third-order valence-electron chi connectivity index (χ3n) is 3.46. The Labute approximate surface area is 153 Å². The first-order valence-electron chi connectivity index (χ1n) is 7.25. The summed E-state index contributed by atoms with van der Waals surface area (Å²) in [6.45, 7) is 0. The average Bonchev–Trinajstić information content (AvgIpc) is 3.10. The molecule has 3 nitrogen and oxygen atoms in total. The quantitative estimate of drug-likeness (QED) is 0.600. The molecule has 0 aliphatic heterocycles. The molecule has 122 valence electrons. The van der Waals surface area contributed by atoms with E-state index in [1.165, 1.54) is 16.2 Å². The summed E-state index contributed by atoms with van der Waals surface area (Å²) in [6, 6.07) is 15.8. The van der Waals surface area contributed by atoms with Crippen LogP contribution in [0.5, 0.6) is 0 Å². The zero-order valence-electron chi connectivity index (χ0n) is 13.3. The predicted octanol–water partition coefficient (Wildman–Crippen LogP) is 5.51. The first kappa shape index (κ1) is 17.1. The van der Waals surface area contributed by atoms with E-state index in [1.54, 1.807) is 23.5 Å². The molecule has 3 rings (SSSR count). The van der Waals surface area contributed by atoms with Crippen LogP contribution in [0.2, 0.25) is 0 Å². The molecule has 0 radical (unpaired) electrons. The number of carbonyl (C=O) groups is 1. The third-order valence-corrected chi connectivity index (χ3v) is 5.76. The Balaban J connectivity index is 1.77. The van der Waals surface area contributed by atoms with Gasteiger partial charge in [-0.05, 0) is 36.8 Å². The molecule has 24 heavy (non-hydrogen) atoms. The van der Waals surface area contributed by atoms with Crippen molar-refractivity contribution >= 4 is 45.9 Å². The van der Waals surface area contributed by atoms with E-state index in [0.717, 1.165) is 16.2 Å². The number of hydrogen-bond donors (Lipinski definition) is 1. The fourth-order valence-electron chi connectivity index (χ4n) is 2.22. The van der Waals surface area contributed by atoms with Crippen LogP contribution in [-0.2, 0) is 0 Å². The zero-order valence-corrected chi connectivity index (χ0v) is 15.7. The second-order valence-corrected chi connectivity index (χ2v) is 7.51. The molecule has 0 atom stereocenters. The molecule has 2 aromatic carbocycles. The lowest BCUT2D eigenvalue weighted by Gasteiger charge is -2.06. The average molecular weight is 373 g/mol. The highest BCUT2D eigenvalue weighted by Crippen LogP contribution is 2.27. The third kappa shape index (κ3) is 3.83. The maximum atomic E-state index is 12.5. The summed E-state index contributed by atoms with van der Waals surface area (Å²) in [5, 5.41) is 5.47. The summed E-state index contributed by atoms with van der Waals surface area (Å²) in [5.74, 6) is -0.126. The Morgan fingerprint density at radius 2 is 1.79 bits per heavy atom. The molecule has 0 fully saturated rings. The second kappa shape index (κ2) is 7.88. The van der Waals surface area contributed by atoms with Crippen LogP contribution in [0.1, 0.15) is 10.4 Å². The first-order valence-corrected chi connectivity index (χ1v) is 10.6. The van der Waals surface area contributed by atoms with Crippen molar-refractivity contribution in [2.45, 2.75) is 9.79 Å². The van der Waals surface area contributed by atoms with Crippen LogP contribution >= 0.6 is 34.9 Å². The number of thioether (sulfide) groups is 2. The maximum Gasteiger partial charge on any atom is 0.258 e. The van der Waals surface area contributed by atoms with Gasteiger partial charge in [0.25, 0.3) is 5.91 Å². The van der Waals surface area contributed by atoms with Crippen LogP contribution in [0.25, 0.3) is 11.3 Å². The predicted molar refractivity (Wildman–Crippen MR) is 106 cm³/mol. The summed E-state index contributed by atoms with van der Waals surface area (Å²) < 4.78 is 0. The number of hydrogen-bond acceptors (Lipinski definition) is 5. The molecule has 0 bridgehead atoms. The van der Waals surface area contributed by atoms with Crippen LogP contribution < -0.4 is 5.32 Å². The number of amides is 1. The van der Waals surface area contributed by atoms with E-state index >= 15 is 0 Å². The van der Waals surface area contributed by atoms with Gasteiger partial charge in [-0.3, -0.25) is 10.1 Å². The summed E-state index contributed by atoms with van der Waals surface area (Å²) in [5.41, 5.74) is 2.60. The SMILES string of the molecule is CSc1ccc(-c2csc(NC(=O)c3ccccc3SC)n2)cc1. The smallest absolute Gasteiger partial charge is 0.258 e. The summed E-state index contributed by atoms with van der Waals surface area (Å²) >= 11 is 4.71. The van der Waals surface area contributed by atoms with Gasteiger partial charge in [-0.25, -0.2) is 4.98 Å². The van der Waals surface area contributed by atoms with Crippen molar-refractivity contribution in [1.29, 1.82) is 0 Å². The number of nitrogens with zero attached hydrogens (tertiary/aromatic N) is 1. The molecule has 1 heterocycles. The Morgan fingerprint density at radius 1 is 1.04 bits per heavy atom. The molecular weight excluding hydrogens is 356 g/mol. The van der Waals surface area contributed by atoms with E-state index in [2.05, 4.69) is 40.8 Å². The number of thiazole rings is 1. The number of benzene rings is 2. The van der Waals surface area contributed by atoms with Crippen molar-refractivity contribution < 1.29 is 4.79 Å². The fourth-order valence-corrected chi connectivity index (χ4v) is 3.94. The number of nitrogens with one attached hydrogen (secondary N) is 1. The molecule has 1 aromatic heterocycles. The molecule has 0 unspecified atom stereocenters. The lowest BCUT2D eigenvalue weighted by Crippen LogP contribution is -2.12. The number of rotatable bonds is 5. The van der Waals surface area contributed by atoms with E-state index in [-0.39, 0.29) is 5.91 Å². The molecule has 0 aliphatic carbocycles. The molecule has 0 saturated heterocycles. The van der Waals surface area contributed by atoms with E-state index < -0.39 is 0 Å². The normalized spacial score (nSPS) is 10.6. The Morgan fingerprint density at radius 3 is 2.50 bits per heavy atom. The van der Waals surface area contributed by atoms with Crippen molar-refractivity contribution in [3.8, 4) is 11.3 Å². The molecule has 1 amide bonds. The van der Waals surface area contributed by atoms with Crippen LogP contribution in [0, 0.1) is 0 Å². The van der Waals surface area contributed by atoms with Gasteiger partial charge < -0.3 is 0 Å². The van der Waals surface area contributed by atoms with Crippen molar-refractivity contribution in [2.24, 2.45) is 0 Å². The lowest BCUT2D eigenvalue weighted by atomic mass is 10.2. The molecule has 6 heteroatoms. The molecule has 3 aromatic rings. The molecule has 0 saturated carbocycles. The topological polar surface area (TPSA) is 42.0 Å². The zero-order chi connectivity index (χ0) is 16.9. The van der Waals surface area contributed by atoms with Gasteiger partial charge in [0.2, 0.25) is 0 Å². The fraction of sp³-hybridized carbons (Fsp3) is 0.111. The number of anilines is 1. The number of aromatic nitrogens is 1. The summed E-state index contributed by atoms with van der Waals surface area (Å²) in [4.78, 5) is 19.2. The second-order valence-electron chi connectivity index (χ2n) is 4.92.